The summed E-state index contributed by atoms with van der Waals surface area (Å²) in [5.41, 5.74) is 0.264. The number of rotatable bonds is 5. The van der Waals surface area contributed by atoms with Crippen molar-refractivity contribution < 1.29 is 22.7 Å². The number of alkyl halides is 3. The second kappa shape index (κ2) is 8.38. The minimum atomic E-state index is -4.39. The highest BCUT2D eigenvalue weighted by molar-refractivity contribution is 5.87. The number of piperazine rings is 1. The molecule has 0 bridgehead atoms. The third-order valence-electron chi connectivity index (χ3n) is 4.49. The maximum atomic E-state index is 12.8. The lowest BCUT2D eigenvalue weighted by molar-refractivity contribution is -0.137. The van der Waals surface area contributed by atoms with E-state index in [0.717, 1.165) is 12.1 Å². The van der Waals surface area contributed by atoms with Crippen LogP contribution in [0.4, 0.5) is 30.4 Å². The van der Waals surface area contributed by atoms with Crippen molar-refractivity contribution in [3.8, 4) is 6.01 Å². The summed E-state index contributed by atoms with van der Waals surface area (Å²) in [6.45, 7) is 5.55. The highest BCUT2D eigenvalue weighted by Crippen LogP contribution is 2.32. The molecule has 1 aliphatic heterocycles. The SMILES string of the molecule is C=CC(=O)N1CCN(c2nc(OC)ncc2Nc2ccc(C(F)(F)F)cc2)CC1. The minimum absolute atomic E-state index is 0.131. The third kappa shape index (κ3) is 4.76. The number of carbonyl (C=O) groups excluding carboxylic acids is 1. The topological polar surface area (TPSA) is 70.6 Å². The van der Waals surface area contributed by atoms with Gasteiger partial charge in [0.2, 0.25) is 5.91 Å². The monoisotopic (exact) mass is 407 g/mol. The van der Waals surface area contributed by atoms with Crippen LogP contribution in [-0.4, -0.2) is 54.1 Å². The summed E-state index contributed by atoms with van der Waals surface area (Å²) >= 11 is 0. The van der Waals surface area contributed by atoms with E-state index in [1.807, 2.05) is 4.90 Å². The van der Waals surface area contributed by atoms with Crippen LogP contribution in [0.25, 0.3) is 0 Å². The van der Waals surface area contributed by atoms with E-state index in [2.05, 4.69) is 21.9 Å². The maximum absolute atomic E-state index is 12.8. The average molecular weight is 407 g/mol. The van der Waals surface area contributed by atoms with Gasteiger partial charge in [0.25, 0.3) is 0 Å². The molecule has 1 aliphatic rings. The molecule has 3 rings (SSSR count). The lowest BCUT2D eigenvalue weighted by Gasteiger charge is -2.35. The number of amides is 1. The zero-order valence-corrected chi connectivity index (χ0v) is 15.7. The number of carbonyl (C=O) groups is 1. The molecule has 1 amide bonds. The van der Waals surface area contributed by atoms with E-state index in [9.17, 15) is 18.0 Å². The minimum Gasteiger partial charge on any atom is -0.467 e. The van der Waals surface area contributed by atoms with E-state index in [4.69, 9.17) is 4.74 Å². The van der Waals surface area contributed by atoms with Crippen molar-refractivity contribution in [3.05, 3.63) is 48.7 Å². The van der Waals surface area contributed by atoms with E-state index in [-0.39, 0.29) is 11.9 Å². The van der Waals surface area contributed by atoms with Crippen LogP contribution in [-0.2, 0) is 11.0 Å². The molecule has 154 valence electrons. The highest BCUT2D eigenvalue weighted by Gasteiger charge is 2.30. The summed E-state index contributed by atoms with van der Waals surface area (Å²) in [5, 5.41) is 3.06. The zero-order valence-electron chi connectivity index (χ0n) is 15.7. The van der Waals surface area contributed by atoms with Crippen LogP contribution < -0.4 is 15.0 Å². The molecular formula is C19H20F3N5O2. The molecule has 29 heavy (non-hydrogen) atoms. The molecule has 0 aliphatic carbocycles. The average Bonchev–Trinajstić information content (AvgIpc) is 2.73. The van der Waals surface area contributed by atoms with Gasteiger partial charge in [0.05, 0.1) is 18.9 Å². The molecule has 0 spiro atoms. The molecule has 0 unspecified atom stereocenters. The van der Waals surface area contributed by atoms with Gasteiger partial charge in [-0.2, -0.15) is 18.2 Å². The molecule has 2 heterocycles. The number of benzene rings is 1. The summed E-state index contributed by atoms with van der Waals surface area (Å²) < 4.78 is 43.4. The van der Waals surface area contributed by atoms with Crippen molar-refractivity contribution >= 4 is 23.1 Å². The van der Waals surface area contributed by atoms with E-state index < -0.39 is 11.7 Å². The first-order valence-electron chi connectivity index (χ1n) is 8.83. The Hall–Kier alpha value is -3.30. The summed E-state index contributed by atoms with van der Waals surface area (Å²) in [5.74, 6) is 0.412. The lowest BCUT2D eigenvalue weighted by Crippen LogP contribution is -2.48. The fourth-order valence-corrected chi connectivity index (χ4v) is 2.95. The number of hydrogen-bond acceptors (Lipinski definition) is 6. The first-order chi connectivity index (χ1) is 13.8. The second-order valence-corrected chi connectivity index (χ2v) is 6.31. The Morgan fingerprint density at radius 3 is 2.41 bits per heavy atom. The van der Waals surface area contributed by atoms with Crippen LogP contribution in [0.5, 0.6) is 6.01 Å². The fourth-order valence-electron chi connectivity index (χ4n) is 2.95. The molecule has 1 aromatic heterocycles. The Bertz CT molecular complexity index is 878. The Morgan fingerprint density at radius 2 is 1.86 bits per heavy atom. The maximum Gasteiger partial charge on any atom is 0.416 e. The molecule has 2 aromatic rings. The van der Waals surface area contributed by atoms with Gasteiger partial charge in [0.1, 0.15) is 5.69 Å². The lowest BCUT2D eigenvalue weighted by atomic mass is 10.2. The number of aromatic nitrogens is 2. The Kier molecular flexibility index (Phi) is 5.90. The first kappa shape index (κ1) is 20.4. The number of methoxy groups -OCH3 is 1. The van der Waals surface area contributed by atoms with Crippen LogP contribution in [0.1, 0.15) is 5.56 Å². The molecule has 1 N–H and O–H groups in total. The predicted molar refractivity (Wildman–Crippen MR) is 102 cm³/mol. The standard InChI is InChI=1S/C19H20F3N5O2/c1-3-16(28)26-8-10-27(11-9-26)17-15(12-23-18(25-17)29-2)24-14-6-4-13(5-7-14)19(20,21)22/h3-7,12,24H,1,8-11H2,2H3. The molecule has 0 saturated carbocycles. The summed E-state index contributed by atoms with van der Waals surface area (Å²) in [6.07, 6.45) is -1.60. The van der Waals surface area contributed by atoms with Crippen molar-refractivity contribution in [2.45, 2.75) is 6.18 Å². The van der Waals surface area contributed by atoms with Gasteiger partial charge in [-0.05, 0) is 30.3 Å². The second-order valence-electron chi connectivity index (χ2n) is 6.31. The molecule has 0 atom stereocenters. The number of hydrogen-bond donors (Lipinski definition) is 1. The number of halogens is 3. The fraction of sp³-hybridized carbons (Fsp3) is 0.316. The highest BCUT2D eigenvalue weighted by atomic mass is 19.4. The van der Waals surface area contributed by atoms with Crippen LogP contribution >= 0.6 is 0 Å². The number of anilines is 3. The normalized spacial score (nSPS) is 14.5. The van der Waals surface area contributed by atoms with E-state index in [1.165, 1.54) is 31.5 Å². The van der Waals surface area contributed by atoms with Gasteiger partial charge >= 0.3 is 12.2 Å². The molecular weight excluding hydrogens is 387 g/mol. The van der Waals surface area contributed by atoms with Gasteiger partial charge < -0.3 is 19.9 Å². The number of ether oxygens (including phenoxy) is 1. The summed E-state index contributed by atoms with van der Waals surface area (Å²) in [4.78, 5) is 23.9. The molecule has 10 heteroatoms. The van der Waals surface area contributed by atoms with Gasteiger partial charge in [-0.1, -0.05) is 6.58 Å². The number of nitrogens with one attached hydrogen (secondary N) is 1. The molecule has 1 saturated heterocycles. The van der Waals surface area contributed by atoms with Gasteiger partial charge in [0.15, 0.2) is 5.82 Å². The van der Waals surface area contributed by atoms with Crippen molar-refractivity contribution in [3.63, 3.8) is 0 Å². The van der Waals surface area contributed by atoms with Gasteiger partial charge in [-0.3, -0.25) is 4.79 Å². The van der Waals surface area contributed by atoms with Crippen LogP contribution in [0.15, 0.2) is 43.1 Å². The van der Waals surface area contributed by atoms with Crippen molar-refractivity contribution in [1.82, 2.24) is 14.9 Å². The first-order valence-corrected chi connectivity index (χ1v) is 8.83. The van der Waals surface area contributed by atoms with Crippen LogP contribution in [0.3, 0.4) is 0 Å². The van der Waals surface area contributed by atoms with Gasteiger partial charge in [0, 0.05) is 31.9 Å². The van der Waals surface area contributed by atoms with Crippen molar-refractivity contribution in [1.29, 1.82) is 0 Å². The number of nitrogens with zero attached hydrogens (tertiary/aromatic N) is 4. The Balaban J connectivity index is 1.81. The van der Waals surface area contributed by atoms with Crippen molar-refractivity contribution in [2.75, 3.05) is 43.5 Å². The van der Waals surface area contributed by atoms with Crippen LogP contribution in [0, 0.1) is 0 Å². The largest absolute Gasteiger partial charge is 0.467 e. The van der Waals surface area contributed by atoms with E-state index in [0.29, 0.717) is 43.4 Å². The Labute approximate surface area is 165 Å². The zero-order chi connectivity index (χ0) is 21.0. The Morgan fingerprint density at radius 1 is 1.21 bits per heavy atom. The van der Waals surface area contributed by atoms with Gasteiger partial charge in [-0.15, -0.1) is 0 Å². The summed E-state index contributed by atoms with van der Waals surface area (Å²) in [7, 11) is 1.45. The smallest absolute Gasteiger partial charge is 0.416 e. The third-order valence-corrected chi connectivity index (χ3v) is 4.49. The molecule has 0 radical (unpaired) electrons. The van der Waals surface area contributed by atoms with Crippen LogP contribution in [0.2, 0.25) is 0 Å². The molecule has 7 nitrogen and oxygen atoms in total. The summed E-state index contributed by atoms with van der Waals surface area (Å²) in [6, 6.07) is 4.87. The quantitative estimate of drug-likeness (QED) is 0.769. The predicted octanol–water partition coefficient (Wildman–Crippen LogP) is 3.08. The van der Waals surface area contributed by atoms with E-state index in [1.54, 1.807) is 4.90 Å². The van der Waals surface area contributed by atoms with Crippen molar-refractivity contribution in [2.24, 2.45) is 0 Å². The van der Waals surface area contributed by atoms with Gasteiger partial charge in [-0.25, -0.2) is 4.98 Å². The molecule has 1 fully saturated rings. The van der Waals surface area contributed by atoms with E-state index >= 15 is 0 Å². The molecule has 1 aromatic carbocycles.